The lowest BCUT2D eigenvalue weighted by Crippen LogP contribution is -2.20. The summed E-state index contributed by atoms with van der Waals surface area (Å²) in [6, 6.07) is 8.34. The molecule has 1 aromatic rings. The van der Waals surface area contributed by atoms with Gasteiger partial charge in [0.05, 0.1) is 12.2 Å². The molecule has 0 bridgehead atoms. The first-order valence-electron chi connectivity index (χ1n) is 12.6. The Labute approximate surface area is 188 Å². The van der Waals surface area contributed by atoms with E-state index in [2.05, 4.69) is 42.2 Å². The first kappa shape index (κ1) is 22.8. The number of aryl methyl sites for hydroxylation is 1. The number of nitrogens with zero attached hydrogens (tertiary/aromatic N) is 1. The van der Waals surface area contributed by atoms with Crippen LogP contribution in [-0.4, -0.2) is 47.0 Å². The summed E-state index contributed by atoms with van der Waals surface area (Å²) in [6.07, 6.45) is 16.4. The third-order valence-corrected chi connectivity index (χ3v) is 7.70. The van der Waals surface area contributed by atoms with E-state index in [9.17, 15) is 10.2 Å². The first-order valence-corrected chi connectivity index (χ1v) is 12.6. The van der Waals surface area contributed by atoms with Crippen LogP contribution in [0.3, 0.4) is 0 Å². The van der Waals surface area contributed by atoms with Gasteiger partial charge in [-0.25, -0.2) is 0 Å². The molecule has 3 aliphatic rings. The quantitative estimate of drug-likeness (QED) is 0.409. The van der Waals surface area contributed by atoms with E-state index < -0.39 is 6.10 Å². The van der Waals surface area contributed by atoms with E-state index in [4.69, 9.17) is 0 Å². The van der Waals surface area contributed by atoms with E-state index in [1.165, 1.54) is 63.7 Å². The molecule has 0 unspecified atom stereocenters. The van der Waals surface area contributed by atoms with E-state index in [1.807, 2.05) is 12.1 Å². The van der Waals surface area contributed by atoms with Crippen LogP contribution in [0.25, 0.3) is 0 Å². The molecule has 0 spiro atoms. The molecule has 31 heavy (non-hydrogen) atoms. The second kappa shape index (κ2) is 10.9. The SMILES string of the molecule is Cc1cccc(C[C@H](O)C=C[C@@H]2[C@H]3CC(CCCCCN4CCCC4)=C[C@H]3C[C@H]2O)c1. The van der Waals surface area contributed by atoms with E-state index in [0.29, 0.717) is 18.3 Å². The average molecular weight is 424 g/mol. The second-order valence-corrected chi connectivity index (χ2v) is 10.2. The number of hydrogen-bond acceptors (Lipinski definition) is 3. The number of rotatable bonds is 10. The molecule has 170 valence electrons. The largest absolute Gasteiger partial charge is 0.392 e. The van der Waals surface area contributed by atoms with Crippen molar-refractivity contribution in [1.82, 2.24) is 4.90 Å². The van der Waals surface area contributed by atoms with Gasteiger partial charge in [0, 0.05) is 12.3 Å². The molecule has 0 radical (unpaired) electrons. The maximum atomic E-state index is 10.6. The Balaban J connectivity index is 1.20. The molecule has 1 heterocycles. The van der Waals surface area contributed by atoms with Crippen molar-refractivity contribution in [2.24, 2.45) is 17.8 Å². The fourth-order valence-corrected chi connectivity index (χ4v) is 6.07. The predicted molar refractivity (Wildman–Crippen MR) is 128 cm³/mol. The molecule has 2 fully saturated rings. The van der Waals surface area contributed by atoms with Crippen molar-refractivity contribution in [2.45, 2.75) is 76.9 Å². The highest BCUT2D eigenvalue weighted by Crippen LogP contribution is 2.48. The topological polar surface area (TPSA) is 43.7 Å². The van der Waals surface area contributed by atoms with Crippen LogP contribution in [0.2, 0.25) is 0 Å². The Morgan fingerprint density at radius 1 is 1.16 bits per heavy atom. The lowest BCUT2D eigenvalue weighted by Gasteiger charge is -2.19. The van der Waals surface area contributed by atoms with Crippen LogP contribution in [0, 0.1) is 24.7 Å². The van der Waals surface area contributed by atoms with Gasteiger partial charge in [-0.2, -0.15) is 0 Å². The van der Waals surface area contributed by atoms with E-state index in [1.54, 1.807) is 5.57 Å². The third-order valence-electron chi connectivity index (χ3n) is 7.70. The minimum Gasteiger partial charge on any atom is -0.392 e. The van der Waals surface area contributed by atoms with E-state index in [0.717, 1.165) is 18.4 Å². The van der Waals surface area contributed by atoms with Crippen molar-refractivity contribution in [2.75, 3.05) is 19.6 Å². The zero-order valence-corrected chi connectivity index (χ0v) is 19.3. The number of benzene rings is 1. The van der Waals surface area contributed by atoms with Crippen molar-refractivity contribution < 1.29 is 10.2 Å². The molecule has 0 amide bonds. The van der Waals surface area contributed by atoms with Gasteiger partial charge in [0.2, 0.25) is 0 Å². The minimum atomic E-state index is -0.488. The summed E-state index contributed by atoms with van der Waals surface area (Å²) >= 11 is 0. The van der Waals surface area contributed by atoms with Gasteiger partial charge in [0.15, 0.2) is 0 Å². The van der Waals surface area contributed by atoms with Gasteiger partial charge in [-0.05, 0) is 88.9 Å². The van der Waals surface area contributed by atoms with Gasteiger partial charge in [0.1, 0.15) is 0 Å². The summed E-state index contributed by atoms with van der Waals surface area (Å²) in [4.78, 5) is 2.62. The number of aliphatic hydroxyl groups excluding tert-OH is 2. The number of unbranched alkanes of at least 4 members (excludes halogenated alkanes) is 2. The number of likely N-dealkylation sites (tertiary alicyclic amines) is 1. The number of fused-ring (bicyclic) bond motifs is 1. The van der Waals surface area contributed by atoms with Gasteiger partial charge in [-0.3, -0.25) is 0 Å². The molecule has 1 aromatic carbocycles. The molecule has 3 heteroatoms. The summed E-state index contributed by atoms with van der Waals surface area (Å²) < 4.78 is 0. The van der Waals surface area contributed by atoms with Crippen LogP contribution in [-0.2, 0) is 6.42 Å². The monoisotopic (exact) mass is 423 g/mol. The Bertz CT molecular complexity index is 764. The highest BCUT2D eigenvalue weighted by Gasteiger charge is 2.43. The lowest BCUT2D eigenvalue weighted by molar-refractivity contribution is 0.140. The highest BCUT2D eigenvalue weighted by atomic mass is 16.3. The Hall–Kier alpha value is -1.42. The zero-order valence-electron chi connectivity index (χ0n) is 19.3. The van der Waals surface area contributed by atoms with Crippen molar-refractivity contribution in [3.8, 4) is 0 Å². The first-order chi connectivity index (χ1) is 15.1. The second-order valence-electron chi connectivity index (χ2n) is 10.2. The number of hydrogen-bond donors (Lipinski definition) is 2. The Kier molecular flexibility index (Phi) is 8.03. The van der Waals surface area contributed by atoms with Gasteiger partial charge < -0.3 is 15.1 Å². The van der Waals surface area contributed by atoms with Gasteiger partial charge in [0.25, 0.3) is 0 Å². The summed E-state index contributed by atoms with van der Waals surface area (Å²) in [7, 11) is 0. The van der Waals surface area contributed by atoms with Crippen molar-refractivity contribution >= 4 is 0 Å². The lowest BCUT2D eigenvalue weighted by atomic mass is 9.88. The molecule has 5 atom stereocenters. The molecule has 1 aliphatic heterocycles. The minimum absolute atomic E-state index is 0.182. The van der Waals surface area contributed by atoms with E-state index in [-0.39, 0.29) is 12.0 Å². The zero-order chi connectivity index (χ0) is 21.6. The molecular weight excluding hydrogens is 382 g/mol. The normalized spacial score (nSPS) is 29.6. The van der Waals surface area contributed by atoms with Crippen LogP contribution >= 0.6 is 0 Å². The van der Waals surface area contributed by atoms with Crippen LogP contribution in [0.5, 0.6) is 0 Å². The molecule has 0 aromatic heterocycles. The van der Waals surface area contributed by atoms with E-state index >= 15 is 0 Å². The smallest absolute Gasteiger partial charge is 0.0761 e. The maximum absolute atomic E-state index is 10.6. The standard InChI is InChI=1S/C28H41NO2/c1-21-8-7-10-22(16-21)18-25(30)11-12-26-27-19-23(17-24(27)20-28(26)31)9-3-2-4-13-29-14-5-6-15-29/h7-8,10-12,16-17,24-28,30-31H,2-6,9,13-15,18-20H2,1H3/t24-,25+,26+,27-,28+/m0/s1. The molecule has 2 N–H and O–H groups in total. The Morgan fingerprint density at radius 2 is 2.00 bits per heavy atom. The van der Waals surface area contributed by atoms with Crippen LogP contribution in [0.4, 0.5) is 0 Å². The van der Waals surface area contributed by atoms with Gasteiger partial charge in [-0.15, -0.1) is 0 Å². The van der Waals surface area contributed by atoms with Crippen LogP contribution < -0.4 is 0 Å². The van der Waals surface area contributed by atoms with Crippen LogP contribution in [0.15, 0.2) is 48.1 Å². The maximum Gasteiger partial charge on any atom is 0.0761 e. The Morgan fingerprint density at radius 3 is 2.81 bits per heavy atom. The fraction of sp³-hybridized carbons (Fsp3) is 0.643. The average Bonchev–Trinajstić information content (AvgIpc) is 3.43. The third kappa shape index (κ3) is 6.31. The summed E-state index contributed by atoms with van der Waals surface area (Å²) in [5, 5.41) is 21.1. The summed E-state index contributed by atoms with van der Waals surface area (Å²) in [5.74, 6) is 1.23. The molecule has 4 rings (SSSR count). The van der Waals surface area contributed by atoms with Crippen molar-refractivity contribution in [3.63, 3.8) is 0 Å². The molecule has 1 saturated heterocycles. The van der Waals surface area contributed by atoms with Gasteiger partial charge in [-0.1, -0.05) is 60.1 Å². The molecule has 3 nitrogen and oxygen atoms in total. The van der Waals surface area contributed by atoms with Gasteiger partial charge >= 0.3 is 0 Å². The molecule has 1 saturated carbocycles. The highest BCUT2D eigenvalue weighted by molar-refractivity contribution is 5.24. The molecular formula is C28H41NO2. The summed E-state index contributed by atoms with van der Waals surface area (Å²) in [5.41, 5.74) is 4.00. The van der Waals surface area contributed by atoms with Crippen LogP contribution in [0.1, 0.15) is 62.5 Å². The number of allylic oxidation sites excluding steroid dienone is 2. The van der Waals surface area contributed by atoms with Crippen molar-refractivity contribution in [3.05, 3.63) is 59.2 Å². The number of aliphatic hydroxyl groups is 2. The molecule has 2 aliphatic carbocycles. The fourth-order valence-electron chi connectivity index (χ4n) is 6.07. The predicted octanol–water partition coefficient (Wildman–Crippen LogP) is 5.05. The summed E-state index contributed by atoms with van der Waals surface area (Å²) in [6.45, 7) is 5.99. The van der Waals surface area contributed by atoms with Crippen molar-refractivity contribution in [1.29, 1.82) is 0 Å².